The van der Waals surface area contributed by atoms with Gasteiger partial charge in [-0.25, -0.2) is 0 Å². The molecule has 0 atom stereocenters. The molecule has 0 aliphatic rings. The molecule has 1 aromatic carbocycles. The van der Waals surface area contributed by atoms with Crippen LogP contribution in [0.25, 0.3) is 22.2 Å². The van der Waals surface area contributed by atoms with Crippen LogP contribution < -0.4 is 0 Å². The van der Waals surface area contributed by atoms with Crippen molar-refractivity contribution >= 4 is 22.5 Å². The van der Waals surface area contributed by atoms with Crippen LogP contribution in [0.1, 0.15) is 0 Å². The van der Waals surface area contributed by atoms with Crippen LogP contribution in [0.4, 0.5) is 0 Å². The Hall–Kier alpha value is -1.67. The number of fused-ring (bicyclic) bond motifs is 1. The van der Waals surface area contributed by atoms with E-state index in [4.69, 9.17) is 11.6 Å². The number of nitrogens with one attached hydrogen (secondary N) is 2. The van der Waals surface area contributed by atoms with Crippen molar-refractivity contribution < 1.29 is 0 Å². The van der Waals surface area contributed by atoms with Gasteiger partial charge in [0.05, 0.1) is 10.7 Å². The van der Waals surface area contributed by atoms with Crippen molar-refractivity contribution in [3.05, 3.63) is 47.7 Å². The van der Waals surface area contributed by atoms with Gasteiger partial charge in [-0.1, -0.05) is 23.7 Å². The summed E-state index contributed by atoms with van der Waals surface area (Å²) in [6, 6.07) is 10.1. The minimum absolute atomic E-state index is 0.751. The van der Waals surface area contributed by atoms with Gasteiger partial charge >= 0.3 is 0 Å². The summed E-state index contributed by atoms with van der Waals surface area (Å²) < 4.78 is 0. The summed E-state index contributed by atoms with van der Waals surface area (Å²) in [6.45, 7) is 0. The average Bonchev–Trinajstić information content (AvgIpc) is 2.84. The predicted octanol–water partition coefficient (Wildman–Crippen LogP) is 3.82. The minimum atomic E-state index is 0.751. The highest BCUT2D eigenvalue weighted by atomic mass is 35.5. The Morgan fingerprint density at radius 3 is 2.60 bits per heavy atom. The molecule has 2 heterocycles. The first-order chi connectivity index (χ1) is 7.34. The lowest BCUT2D eigenvalue weighted by Crippen LogP contribution is -1.78. The van der Waals surface area contributed by atoms with Gasteiger partial charge in [-0.2, -0.15) is 0 Å². The fourth-order valence-electron chi connectivity index (χ4n) is 1.78. The van der Waals surface area contributed by atoms with Gasteiger partial charge in [-0.15, -0.1) is 0 Å². The van der Waals surface area contributed by atoms with Gasteiger partial charge in [0.2, 0.25) is 0 Å². The summed E-state index contributed by atoms with van der Waals surface area (Å²) in [5.74, 6) is 0. The van der Waals surface area contributed by atoms with E-state index in [0.717, 1.165) is 21.8 Å². The number of rotatable bonds is 1. The number of benzene rings is 1. The van der Waals surface area contributed by atoms with E-state index in [1.54, 1.807) is 0 Å². The first-order valence-corrected chi connectivity index (χ1v) is 5.13. The maximum Gasteiger partial charge on any atom is 0.0661 e. The Labute approximate surface area is 91.9 Å². The van der Waals surface area contributed by atoms with Gasteiger partial charge in [0.15, 0.2) is 0 Å². The van der Waals surface area contributed by atoms with Crippen LogP contribution >= 0.6 is 11.6 Å². The van der Waals surface area contributed by atoms with E-state index in [1.807, 2.05) is 18.5 Å². The van der Waals surface area contributed by atoms with Crippen molar-refractivity contribution in [3.63, 3.8) is 0 Å². The first kappa shape index (κ1) is 8.62. The van der Waals surface area contributed by atoms with Gasteiger partial charge in [0.25, 0.3) is 0 Å². The summed E-state index contributed by atoms with van der Waals surface area (Å²) in [7, 11) is 0. The van der Waals surface area contributed by atoms with Crippen molar-refractivity contribution in [3.8, 4) is 11.3 Å². The van der Waals surface area contributed by atoms with Crippen LogP contribution in [0.5, 0.6) is 0 Å². The van der Waals surface area contributed by atoms with Crippen LogP contribution in [-0.4, -0.2) is 9.97 Å². The monoisotopic (exact) mass is 216 g/mol. The van der Waals surface area contributed by atoms with Crippen LogP contribution in [0.15, 0.2) is 42.7 Å². The second-order valence-electron chi connectivity index (χ2n) is 3.48. The zero-order valence-electron chi connectivity index (χ0n) is 7.92. The summed E-state index contributed by atoms with van der Waals surface area (Å²) in [5, 5.41) is 1.96. The number of hydrogen-bond acceptors (Lipinski definition) is 0. The van der Waals surface area contributed by atoms with E-state index in [0.29, 0.717) is 0 Å². The van der Waals surface area contributed by atoms with E-state index in [2.05, 4.69) is 34.2 Å². The number of hydrogen-bond donors (Lipinski definition) is 2. The van der Waals surface area contributed by atoms with E-state index < -0.39 is 0 Å². The molecule has 0 bridgehead atoms. The molecule has 3 rings (SSSR count). The van der Waals surface area contributed by atoms with E-state index in [-0.39, 0.29) is 0 Å². The van der Waals surface area contributed by atoms with Gasteiger partial charge in [-0.05, 0) is 23.6 Å². The molecule has 3 heteroatoms. The zero-order chi connectivity index (χ0) is 10.3. The Morgan fingerprint density at radius 1 is 0.933 bits per heavy atom. The van der Waals surface area contributed by atoms with Crippen molar-refractivity contribution in [2.24, 2.45) is 0 Å². The average molecular weight is 217 g/mol. The maximum absolute atomic E-state index is 6.06. The van der Waals surface area contributed by atoms with Crippen molar-refractivity contribution in [2.45, 2.75) is 0 Å². The number of aromatic nitrogens is 2. The normalized spacial score (nSPS) is 11.0. The third kappa shape index (κ3) is 1.34. The third-order valence-corrected chi connectivity index (χ3v) is 2.85. The molecule has 3 aromatic rings. The summed E-state index contributed by atoms with van der Waals surface area (Å²) >= 11 is 6.06. The topological polar surface area (TPSA) is 31.6 Å². The molecule has 2 nitrogen and oxygen atoms in total. The lowest BCUT2D eigenvalue weighted by atomic mass is 10.1. The highest BCUT2D eigenvalue weighted by molar-refractivity contribution is 6.33. The maximum atomic E-state index is 6.06. The highest BCUT2D eigenvalue weighted by Gasteiger charge is 2.05. The fourth-order valence-corrected chi connectivity index (χ4v) is 2.00. The predicted molar refractivity (Wildman–Crippen MR) is 63.1 cm³/mol. The zero-order valence-corrected chi connectivity index (χ0v) is 8.68. The van der Waals surface area contributed by atoms with Crippen LogP contribution in [-0.2, 0) is 0 Å². The van der Waals surface area contributed by atoms with Crippen LogP contribution in [0.2, 0.25) is 5.02 Å². The first-order valence-electron chi connectivity index (χ1n) is 4.75. The minimum Gasteiger partial charge on any atom is -0.361 e. The lowest BCUT2D eigenvalue weighted by molar-refractivity contribution is 1.40. The molecule has 0 fully saturated rings. The van der Waals surface area contributed by atoms with E-state index >= 15 is 0 Å². The summed E-state index contributed by atoms with van der Waals surface area (Å²) in [4.78, 5) is 6.32. The van der Waals surface area contributed by atoms with Gasteiger partial charge in [0, 0.05) is 23.5 Å². The number of halogens is 1. The highest BCUT2D eigenvalue weighted by Crippen LogP contribution is 2.28. The molecular weight excluding hydrogens is 208 g/mol. The molecule has 0 aliphatic carbocycles. The SMILES string of the molecule is Clc1cc[nH]c1-c1ccc2cc[nH]c2c1. The molecule has 0 unspecified atom stereocenters. The van der Waals surface area contributed by atoms with Crippen LogP contribution in [0.3, 0.4) is 0 Å². The molecule has 15 heavy (non-hydrogen) atoms. The van der Waals surface area contributed by atoms with E-state index in [9.17, 15) is 0 Å². The molecule has 0 radical (unpaired) electrons. The van der Waals surface area contributed by atoms with Gasteiger partial charge in [-0.3, -0.25) is 0 Å². The van der Waals surface area contributed by atoms with Crippen LogP contribution in [0, 0.1) is 0 Å². The van der Waals surface area contributed by atoms with Crippen molar-refractivity contribution in [2.75, 3.05) is 0 Å². The number of aromatic amines is 2. The molecule has 0 aliphatic heterocycles. The molecule has 74 valence electrons. The molecule has 2 N–H and O–H groups in total. The Kier molecular flexibility index (Phi) is 1.82. The molecule has 0 amide bonds. The van der Waals surface area contributed by atoms with Crippen molar-refractivity contribution in [1.82, 2.24) is 9.97 Å². The fraction of sp³-hybridized carbons (Fsp3) is 0. The Balaban J connectivity index is 2.23. The molecular formula is C12H9ClN2. The van der Waals surface area contributed by atoms with Crippen molar-refractivity contribution in [1.29, 1.82) is 0 Å². The second kappa shape index (κ2) is 3.17. The molecule has 0 saturated heterocycles. The third-order valence-electron chi connectivity index (χ3n) is 2.54. The molecule has 0 saturated carbocycles. The quantitative estimate of drug-likeness (QED) is 0.620. The standard InChI is InChI=1S/C12H9ClN2/c13-10-4-6-15-12(10)9-2-1-8-3-5-14-11(8)7-9/h1-7,14-15H. The Bertz CT molecular complexity index is 607. The summed E-state index contributed by atoms with van der Waals surface area (Å²) in [6.07, 6.45) is 3.78. The molecule has 2 aromatic heterocycles. The van der Waals surface area contributed by atoms with Gasteiger partial charge in [0.1, 0.15) is 0 Å². The summed E-state index contributed by atoms with van der Waals surface area (Å²) in [5.41, 5.74) is 3.19. The van der Waals surface area contributed by atoms with Gasteiger partial charge < -0.3 is 9.97 Å². The Morgan fingerprint density at radius 2 is 1.80 bits per heavy atom. The second-order valence-corrected chi connectivity index (χ2v) is 3.89. The largest absolute Gasteiger partial charge is 0.361 e. The molecule has 0 spiro atoms. The van der Waals surface area contributed by atoms with E-state index in [1.165, 1.54) is 5.39 Å². The lowest BCUT2D eigenvalue weighted by Gasteiger charge is -1.99. The number of H-pyrrole nitrogens is 2. The smallest absolute Gasteiger partial charge is 0.0661 e.